The van der Waals surface area contributed by atoms with E-state index in [0.717, 1.165) is 5.92 Å². The molecule has 0 heteroatoms. The van der Waals surface area contributed by atoms with Crippen molar-refractivity contribution in [1.29, 1.82) is 0 Å². The van der Waals surface area contributed by atoms with Crippen LogP contribution in [-0.2, 0) is 5.41 Å². The minimum absolute atomic E-state index is 0.223. The molecular formula is C22H26. The van der Waals surface area contributed by atoms with Crippen LogP contribution in [0.4, 0.5) is 0 Å². The zero-order chi connectivity index (χ0) is 15.7. The van der Waals surface area contributed by atoms with E-state index in [0.29, 0.717) is 11.3 Å². The molecule has 0 amide bonds. The zero-order valence-corrected chi connectivity index (χ0v) is 14.4. The number of fused-ring (bicyclic) bond motifs is 3. The zero-order valence-electron chi connectivity index (χ0n) is 14.4. The topological polar surface area (TPSA) is 0 Å². The van der Waals surface area contributed by atoms with E-state index < -0.39 is 0 Å². The molecule has 2 aliphatic rings. The lowest BCUT2D eigenvalue weighted by Crippen LogP contribution is -2.10. The summed E-state index contributed by atoms with van der Waals surface area (Å²) in [7, 11) is 0. The quantitative estimate of drug-likeness (QED) is 0.581. The highest BCUT2D eigenvalue weighted by atomic mass is 14.6. The molecule has 4 rings (SSSR count). The van der Waals surface area contributed by atoms with Gasteiger partial charge in [0.15, 0.2) is 0 Å². The molecule has 3 unspecified atom stereocenters. The Morgan fingerprint density at radius 1 is 1.00 bits per heavy atom. The summed E-state index contributed by atoms with van der Waals surface area (Å²) in [6.45, 7) is 11.7. The first-order chi connectivity index (χ1) is 10.3. The fourth-order valence-corrected chi connectivity index (χ4v) is 4.40. The van der Waals surface area contributed by atoms with Crippen LogP contribution in [0.25, 0.3) is 11.1 Å². The molecule has 0 heterocycles. The van der Waals surface area contributed by atoms with Gasteiger partial charge in [-0.05, 0) is 56.9 Å². The third-order valence-corrected chi connectivity index (χ3v) is 6.29. The fraction of sp³-hybridized carbons (Fsp3) is 0.455. The predicted octanol–water partition coefficient (Wildman–Crippen LogP) is 6.26. The molecule has 2 aliphatic carbocycles. The van der Waals surface area contributed by atoms with Crippen LogP contribution >= 0.6 is 0 Å². The summed E-state index contributed by atoms with van der Waals surface area (Å²) < 4.78 is 0. The van der Waals surface area contributed by atoms with Gasteiger partial charge < -0.3 is 0 Å². The summed E-state index contributed by atoms with van der Waals surface area (Å²) >= 11 is 0. The van der Waals surface area contributed by atoms with Crippen LogP contribution in [0.5, 0.6) is 0 Å². The van der Waals surface area contributed by atoms with Gasteiger partial charge in [0.2, 0.25) is 0 Å². The van der Waals surface area contributed by atoms with E-state index in [4.69, 9.17) is 0 Å². The lowest BCUT2D eigenvalue weighted by atomic mass is 9.85. The molecular weight excluding hydrogens is 264 g/mol. The fourth-order valence-electron chi connectivity index (χ4n) is 4.40. The molecule has 0 aromatic heterocycles. The van der Waals surface area contributed by atoms with Crippen molar-refractivity contribution in [2.24, 2.45) is 5.41 Å². The maximum Gasteiger partial charge on any atom is -0.00874 e. The average Bonchev–Trinajstić information content (AvgIpc) is 3.12. The lowest BCUT2D eigenvalue weighted by Gasteiger charge is -2.20. The van der Waals surface area contributed by atoms with Crippen LogP contribution in [-0.4, -0.2) is 0 Å². The van der Waals surface area contributed by atoms with E-state index in [1.165, 1.54) is 23.1 Å². The molecule has 2 aromatic rings. The van der Waals surface area contributed by atoms with Gasteiger partial charge >= 0.3 is 0 Å². The van der Waals surface area contributed by atoms with Gasteiger partial charge in [-0.3, -0.25) is 0 Å². The summed E-state index contributed by atoms with van der Waals surface area (Å²) in [5, 5.41) is 0. The van der Waals surface area contributed by atoms with Crippen LogP contribution < -0.4 is 0 Å². The molecule has 0 nitrogen and oxygen atoms in total. The highest BCUT2D eigenvalue weighted by Gasteiger charge is 2.60. The van der Waals surface area contributed by atoms with Crippen LogP contribution in [0.1, 0.15) is 69.6 Å². The third kappa shape index (κ3) is 1.82. The lowest BCUT2D eigenvalue weighted by molar-refractivity contribution is 0.481. The Bertz CT molecular complexity index is 730. The third-order valence-electron chi connectivity index (χ3n) is 6.29. The van der Waals surface area contributed by atoms with Crippen molar-refractivity contribution in [3.8, 4) is 11.1 Å². The Hall–Kier alpha value is -1.56. The van der Waals surface area contributed by atoms with E-state index in [1.807, 2.05) is 0 Å². The second kappa shape index (κ2) is 4.25. The smallest absolute Gasteiger partial charge is 0.00874 e. The second-order valence-corrected chi connectivity index (χ2v) is 8.62. The average molecular weight is 290 g/mol. The molecule has 0 spiro atoms. The summed E-state index contributed by atoms with van der Waals surface area (Å²) in [6, 6.07) is 16.2. The molecule has 0 saturated heterocycles. The summed E-state index contributed by atoms with van der Waals surface area (Å²) in [5.41, 5.74) is 8.25. The molecule has 1 fully saturated rings. The monoisotopic (exact) mass is 290 g/mol. The minimum Gasteiger partial charge on any atom is -0.0613 e. The first kappa shape index (κ1) is 14.1. The van der Waals surface area contributed by atoms with E-state index >= 15 is 0 Å². The van der Waals surface area contributed by atoms with Gasteiger partial charge in [0.05, 0.1) is 0 Å². The van der Waals surface area contributed by atoms with Crippen LogP contribution in [0.15, 0.2) is 42.5 Å². The van der Waals surface area contributed by atoms with Gasteiger partial charge in [-0.2, -0.15) is 0 Å². The minimum atomic E-state index is 0.223. The number of hydrogen-bond donors (Lipinski definition) is 0. The largest absolute Gasteiger partial charge is 0.0613 e. The van der Waals surface area contributed by atoms with E-state index in [2.05, 4.69) is 77.1 Å². The maximum atomic E-state index is 2.47. The van der Waals surface area contributed by atoms with Gasteiger partial charge in [0.1, 0.15) is 0 Å². The molecule has 0 N–H and O–H groups in total. The highest BCUT2D eigenvalue weighted by Crippen LogP contribution is 2.73. The van der Waals surface area contributed by atoms with E-state index in [-0.39, 0.29) is 5.41 Å². The molecule has 0 radical (unpaired) electrons. The standard InChI is InChI=1S/C22H26/c1-14-17-7-6-8-18(20(17)19-13-22(14,19)5)15-9-11-16(12-10-15)21(2,3)4/h6-12,14,19H,13H2,1-5H3. The van der Waals surface area contributed by atoms with Crippen molar-refractivity contribution in [2.75, 3.05) is 0 Å². The Kier molecular flexibility index (Phi) is 2.72. The second-order valence-electron chi connectivity index (χ2n) is 8.62. The van der Waals surface area contributed by atoms with Gasteiger partial charge in [0.25, 0.3) is 0 Å². The highest BCUT2D eigenvalue weighted by molar-refractivity contribution is 5.73. The number of rotatable bonds is 1. The normalized spacial score (nSPS) is 29.1. The van der Waals surface area contributed by atoms with Gasteiger partial charge in [-0.25, -0.2) is 0 Å². The molecule has 0 bridgehead atoms. The first-order valence-electron chi connectivity index (χ1n) is 8.56. The number of benzene rings is 2. The predicted molar refractivity (Wildman–Crippen MR) is 94.5 cm³/mol. The van der Waals surface area contributed by atoms with Gasteiger partial charge in [0, 0.05) is 0 Å². The Morgan fingerprint density at radius 2 is 1.68 bits per heavy atom. The maximum absolute atomic E-state index is 2.47. The van der Waals surface area contributed by atoms with Crippen molar-refractivity contribution < 1.29 is 0 Å². The SMILES string of the molecule is CC1c2cccc(-c3ccc(C(C)(C)C)cc3)c2C2CC12C. The Balaban J connectivity index is 1.80. The molecule has 3 atom stereocenters. The van der Waals surface area contributed by atoms with Gasteiger partial charge in [-0.1, -0.05) is 77.1 Å². The summed E-state index contributed by atoms with van der Waals surface area (Å²) in [5.74, 6) is 1.50. The Morgan fingerprint density at radius 3 is 2.32 bits per heavy atom. The molecule has 22 heavy (non-hydrogen) atoms. The van der Waals surface area contributed by atoms with Crippen molar-refractivity contribution >= 4 is 0 Å². The van der Waals surface area contributed by atoms with Gasteiger partial charge in [-0.15, -0.1) is 0 Å². The number of hydrogen-bond acceptors (Lipinski definition) is 0. The molecule has 0 aliphatic heterocycles. The molecule has 114 valence electrons. The van der Waals surface area contributed by atoms with Crippen molar-refractivity contribution in [3.05, 3.63) is 59.2 Å². The van der Waals surface area contributed by atoms with Crippen LogP contribution in [0.3, 0.4) is 0 Å². The summed E-state index contributed by atoms with van der Waals surface area (Å²) in [4.78, 5) is 0. The van der Waals surface area contributed by atoms with E-state index in [9.17, 15) is 0 Å². The molecule has 2 aromatic carbocycles. The van der Waals surface area contributed by atoms with Crippen molar-refractivity contribution in [2.45, 2.75) is 58.3 Å². The van der Waals surface area contributed by atoms with Crippen molar-refractivity contribution in [3.63, 3.8) is 0 Å². The summed E-state index contributed by atoms with van der Waals surface area (Å²) in [6.07, 6.45) is 1.37. The Labute approximate surface area is 134 Å². The van der Waals surface area contributed by atoms with Crippen LogP contribution in [0.2, 0.25) is 0 Å². The first-order valence-corrected chi connectivity index (χ1v) is 8.56. The molecule has 1 saturated carbocycles. The van der Waals surface area contributed by atoms with Crippen LogP contribution in [0, 0.1) is 5.41 Å². The van der Waals surface area contributed by atoms with Crippen molar-refractivity contribution in [1.82, 2.24) is 0 Å². The van der Waals surface area contributed by atoms with E-state index in [1.54, 1.807) is 11.1 Å².